The zero-order valence-electron chi connectivity index (χ0n) is 14.5. The van der Waals surface area contributed by atoms with Gasteiger partial charge < -0.3 is 10.2 Å². The molecule has 0 spiro atoms. The number of nitrogens with one attached hydrogen (secondary N) is 1. The molecular formula is C17H31N3S. The van der Waals surface area contributed by atoms with E-state index in [1.54, 1.807) is 0 Å². The van der Waals surface area contributed by atoms with Gasteiger partial charge in [0.05, 0.1) is 5.69 Å². The topological polar surface area (TPSA) is 28.2 Å². The van der Waals surface area contributed by atoms with E-state index in [4.69, 9.17) is 4.98 Å². The molecule has 4 heteroatoms. The molecule has 0 aromatic carbocycles. The van der Waals surface area contributed by atoms with E-state index in [-0.39, 0.29) is 5.54 Å². The van der Waals surface area contributed by atoms with Crippen molar-refractivity contribution in [2.24, 2.45) is 5.92 Å². The highest BCUT2D eigenvalue weighted by atomic mass is 32.1. The summed E-state index contributed by atoms with van der Waals surface area (Å²) in [5.74, 6) is 1.40. The molecule has 3 nitrogen and oxygen atoms in total. The Bertz CT molecular complexity index is 455. The molecule has 0 atom stereocenters. The molecule has 1 aromatic rings. The molecule has 0 bridgehead atoms. The van der Waals surface area contributed by atoms with Crippen LogP contribution in [0.5, 0.6) is 0 Å². The van der Waals surface area contributed by atoms with Crippen LogP contribution in [0.1, 0.15) is 70.9 Å². The Labute approximate surface area is 134 Å². The Balaban J connectivity index is 2.14. The monoisotopic (exact) mass is 309 g/mol. The first kappa shape index (κ1) is 16.8. The van der Waals surface area contributed by atoms with Crippen LogP contribution in [0.25, 0.3) is 0 Å². The van der Waals surface area contributed by atoms with E-state index in [2.05, 4.69) is 51.8 Å². The van der Waals surface area contributed by atoms with Crippen LogP contribution >= 0.6 is 11.3 Å². The highest BCUT2D eigenvalue weighted by Gasteiger charge is 2.26. The minimum atomic E-state index is 0.150. The lowest BCUT2D eigenvalue weighted by atomic mass is 10.1. The molecule has 2 rings (SSSR count). The molecule has 0 aliphatic heterocycles. The fraction of sp³-hybridized carbons (Fsp3) is 0.824. The van der Waals surface area contributed by atoms with Gasteiger partial charge in [-0.1, -0.05) is 13.8 Å². The third-order valence-electron chi connectivity index (χ3n) is 3.87. The lowest BCUT2D eigenvalue weighted by Gasteiger charge is -2.20. The second-order valence-corrected chi connectivity index (χ2v) is 8.61. The van der Waals surface area contributed by atoms with Crippen LogP contribution in [0.15, 0.2) is 0 Å². The second-order valence-electron chi connectivity index (χ2n) is 7.55. The molecular weight excluding hydrogens is 278 g/mol. The number of anilines is 1. The number of nitrogens with zero attached hydrogens (tertiary/aromatic N) is 2. The molecule has 1 fully saturated rings. The van der Waals surface area contributed by atoms with Crippen molar-refractivity contribution >= 4 is 16.5 Å². The maximum Gasteiger partial charge on any atom is 0.185 e. The average molecular weight is 310 g/mol. The highest BCUT2D eigenvalue weighted by Crippen LogP contribution is 2.35. The van der Waals surface area contributed by atoms with Gasteiger partial charge in [0.25, 0.3) is 0 Å². The summed E-state index contributed by atoms with van der Waals surface area (Å²) in [5, 5.41) is 4.83. The van der Waals surface area contributed by atoms with Crippen molar-refractivity contribution in [2.75, 3.05) is 18.0 Å². The predicted molar refractivity (Wildman–Crippen MR) is 93.4 cm³/mol. The maximum absolute atomic E-state index is 4.97. The number of rotatable bonds is 7. The molecule has 1 saturated carbocycles. The summed E-state index contributed by atoms with van der Waals surface area (Å²) < 4.78 is 0. The van der Waals surface area contributed by atoms with Gasteiger partial charge in [-0.05, 0) is 52.4 Å². The van der Waals surface area contributed by atoms with Gasteiger partial charge in [0.2, 0.25) is 0 Å². The maximum atomic E-state index is 4.97. The largest absolute Gasteiger partial charge is 0.348 e. The molecule has 1 N–H and O–H groups in total. The van der Waals surface area contributed by atoms with Gasteiger partial charge in [0.1, 0.15) is 0 Å². The quantitative estimate of drug-likeness (QED) is 0.809. The van der Waals surface area contributed by atoms with Gasteiger partial charge in [-0.2, -0.15) is 0 Å². The fourth-order valence-electron chi connectivity index (χ4n) is 2.36. The Morgan fingerprint density at radius 2 is 2.00 bits per heavy atom. The normalized spacial score (nSPS) is 15.8. The van der Waals surface area contributed by atoms with Crippen molar-refractivity contribution in [3.63, 3.8) is 0 Å². The third-order valence-corrected chi connectivity index (χ3v) is 5.00. The van der Waals surface area contributed by atoms with Crippen LogP contribution in [0, 0.1) is 5.92 Å². The van der Waals surface area contributed by atoms with Crippen molar-refractivity contribution in [1.29, 1.82) is 0 Å². The van der Waals surface area contributed by atoms with Crippen molar-refractivity contribution in [1.82, 2.24) is 10.3 Å². The van der Waals surface area contributed by atoms with Crippen molar-refractivity contribution in [3.05, 3.63) is 10.6 Å². The SMILES string of the molecule is CCN(CC1CC1)c1nc(C(C)C)c(CNC(C)(C)C)s1. The number of aromatic nitrogens is 1. The Kier molecular flexibility index (Phi) is 5.31. The summed E-state index contributed by atoms with van der Waals surface area (Å²) in [7, 11) is 0. The summed E-state index contributed by atoms with van der Waals surface area (Å²) in [4.78, 5) is 8.84. The molecule has 21 heavy (non-hydrogen) atoms. The number of hydrogen-bond acceptors (Lipinski definition) is 4. The van der Waals surface area contributed by atoms with Gasteiger partial charge in [0, 0.05) is 30.1 Å². The third kappa shape index (κ3) is 4.96. The molecule has 0 unspecified atom stereocenters. The molecule has 1 heterocycles. The lowest BCUT2D eigenvalue weighted by molar-refractivity contribution is 0.425. The van der Waals surface area contributed by atoms with Gasteiger partial charge in [-0.3, -0.25) is 0 Å². The van der Waals surface area contributed by atoms with Crippen LogP contribution in [0.2, 0.25) is 0 Å². The van der Waals surface area contributed by atoms with E-state index in [9.17, 15) is 0 Å². The van der Waals surface area contributed by atoms with Crippen LogP contribution in [-0.4, -0.2) is 23.6 Å². The van der Waals surface area contributed by atoms with Crippen LogP contribution < -0.4 is 10.2 Å². The van der Waals surface area contributed by atoms with Gasteiger partial charge in [-0.15, -0.1) is 11.3 Å². The molecule has 0 saturated heterocycles. The van der Waals surface area contributed by atoms with E-state index >= 15 is 0 Å². The van der Waals surface area contributed by atoms with E-state index in [1.807, 2.05) is 11.3 Å². The summed E-state index contributed by atoms with van der Waals surface area (Å²) in [5.41, 5.74) is 1.43. The molecule has 1 aliphatic carbocycles. The zero-order chi connectivity index (χ0) is 15.6. The first-order chi connectivity index (χ1) is 9.80. The fourth-order valence-corrected chi connectivity index (χ4v) is 3.59. The predicted octanol–water partition coefficient (Wildman–Crippen LogP) is 4.39. The van der Waals surface area contributed by atoms with Crippen molar-refractivity contribution in [2.45, 2.75) is 72.4 Å². The molecule has 0 amide bonds. The van der Waals surface area contributed by atoms with Crippen LogP contribution in [-0.2, 0) is 6.54 Å². The molecule has 120 valence electrons. The summed E-state index contributed by atoms with van der Waals surface area (Å²) in [6.45, 7) is 16.6. The average Bonchev–Trinajstić information content (AvgIpc) is 3.09. The lowest BCUT2D eigenvalue weighted by Crippen LogP contribution is -2.35. The number of thiazole rings is 1. The smallest absolute Gasteiger partial charge is 0.185 e. The minimum absolute atomic E-state index is 0.150. The van der Waals surface area contributed by atoms with Gasteiger partial charge >= 0.3 is 0 Å². The zero-order valence-corrected chi connectivity index (χ0v) is 15.3. The van der Waals surface area contributed by atoms with E-state index in [0.29, 0.717) is 5.92 Å². The summed E-state index contributed by atoms with van der Waals surface area (Å²) in [6, 6.07) is 0. The van der Waals surface area contributed by atoms with E-state index in [1.165, 1.54) is 35.1 Å². The summed E-state index contributed by atoms with van der Waals surface area (Å²) >= 11 is 1.88. The Morgan fingerprint density at radius 1 is 1.33 bits per heavy atom. The summed E-state index contributed by atoms with van der Waals surface area (Å²) in [6.07, 6.45) is 2.80. The van der Waals surface area contributed by atoms with Crippen molar-refractivity contribution < 1.29 is 0 Å². The number of hydrogen-bond donors (Lipinski definition) is 1. The Hall–Kier alpha value is -0.610. The van der Waals surface area contributed by atoms with Gasteiger partial charge in [-0.25, -0.2) is 4.98 Å². The second kappa shape index (κ2) is 6.66. The standard InChI is InChI=1S/C17H31N3S/c1-7-20(11-13-8-9-13)16-19-15(12(2)3)14(21-16)10-18-17(4,5)6/h12-13,18H,7-11H2,1-6H3. The minimum Gasteiger partial charge on any atom is -0.348 e. The highest BCUT2D eigenvalue weighted by molar-refractivity contribution is 7.15. The molecule has 1 aliphatic rings. The van der Waals surface area contributed by atoms with E-state index < -0.39 is 0 Å². The van der Waals surface area contributed by atoms with Crippen molar-refractivity contribution in [3.8, 4) is 0 Å². The van der Waals surface area contributed by atoms with Crippen LogP contribution in [0.4, 0.5) is 5.13 Å². The first-order valence-corrected chi connectivity index (χ1v) is 9.11. The first-order valence-electron chi connectivity index (χ1n) is 8.29. The molecule has 0 radical (unpaired) electrons. The van der Waals surface area contributed by atoms with Crippen LogP contribution in [0.3, 0.4) is 0 Å². The van der Waals surface area contributed by atoms with E-state index in [0.717, 1.165) is 19.0 Å². The van der Waals surface area contributed by atoms with Gasteiger partial charge in [0.15, 0.2) is 5.13 Å². The Morgan fingerprint density at radius 3 is 2.48 bits per heavy atom. The molecule has 1 aromatic heterocycles.